The van der Waals surface area contributed by atoms with Crippen LogP contribution in [0.4, 0.5) is 0 Å². The Balaban J connectivity index is 1.47. The topological polar surface area (TPSA) is 90.2 Å². The SMILES string of the molecule is CC1C(O)CC(O)C(C(=O)N2CC(CO)C3CCCCC3C2)C1OCC1CCCCC1. The zero-order valence-electron chi connectivity index (χ0n) is 19.2. The first-order chi connectivity index (χ1) is 15.0. The van der Waals surface area contributed by atoms with Gasteiger partial charge in [0.25, 0.3) is 0 Å². The summed E-state index contributed by atoms with van der Waals surface area (Å²) in [5.74, 6) is 0.774. The van der Waals surface area contributed by atoms with Crippen molar-refractivity contribution in [2.45, 2.75) is 89.4 Å². The number of likely N-dealkylation sites (tertiary alicyclic amines) is 1. The molecule has 0 spiro atoms. The van der Waals surface area contributed by atoms with Gasteiger partial charge in [0, 0.05) is 44.6 Å². The van der Waals surface area contributed by atoms with Crippen molar-refractivity contribution in [3.63, 3.8) is 0 Å². The number of aliphatic hydroxyl groups is 3. The van der Waals surface area contributed by atoms with Gasteiger partial charge in [-0.2, -0.15) is 0 Å². The monoisotopic (exact) mass is 437 g/mol. The van der Waals surface area contributed by atoms with E-state index < -0.39 is 24.2 Å². The molecule has 0 aromatic rings. The Morgan fingerprint density at radius 3 is 2.42 bits per heavy atom. The Bertz CT molecular complexity index is 586. The third-order valence-corrected chi connectivity index (χ3v) is 8.94. The van der Waals surface area contributed by atoms with Crippen molar-refractivity contribution in [2.75, 3.05) is 26.3 Å². The van der Waals surface area contributed by atoms with Crippen LogP contribution in [0, 0.1) is 35.5 Å². The number of ether oxygens (including phenoxy) is 1. The molecule has 0 radical (unpaired) electrons. The van der Waals surface area contributed by atoms with Crippen LogP contribution < -0.4 is 0 Å². The van der Waals surface area contributed by atoms with Gasteiger partial charge < -0.3 is 25.0 Å². The molecule has 4 rings (SSSR count). The first kappa shape index (κ1) is 23.5. The Morgan fingerprint density at radius 1 is 0.968 bits per heavy atom. The van der Waals surface area contributed by atoms with Crippen LogP contribution in [0.3, 0.4) is 0 Å². The van der Waals surface area contributed by atoms with Crippen molar-refractivity contribution >= 4 is 5.91 Å². The molecule has 0 aromatic heterocycles. The van der Waals surface area contributed by atoms with E-state index in [4.69, 9.17) is 4.74 Å². The first-order valence-corrected chi connectivity index (χ1v) is 12.9. The highest BCUT2D eigenvalue weighted by Crippen LogP contribution is 2.41. The Labute approximate surface area is 187 Å². The molecule has 6 heteroatoms. The van der Waals surface area contributed by atoms with Crippen molar-refractivity contribution in [3.8, 4) is 0 Å². The van der Waals surface area contributed by atoms with Gasteiger partial charge in [0.05, 0.1) is 24.2 Å². The lowest BCUT2D eigenvalue weighted by Crippen LogP contribution is -2.59. The first-order valence-electron chi connectivity index (χ1n) is 12.9. The summed E-state index contributed by atoms with van der Waals surface area (Å²) in [5.41, 5.74) is 0. The number of hydrogen-bond acceptors (Lipinski definition) is 5. The number of rotatable bonds is 5. The van der Waals surface area contributed by atoms with Gasteiger partial charge in [0.1, 0.15) is 0 Å². The third kappa shape index (κ3) is 5.13. The standard InChI is InChI=1S/C25H43NO5/c1-16-21(28)11-22(29)23(24(16)31-15-17-7-3-2-4-8-17)25(30)26-12-18-9-5-6-10-20(18)19(13-26)14-27/h16-24,27-29H,2-15H2,1H3. The van der Waals surface area contributed by atoms with Gasteiger partial charge in [0.2, 0.25) is 5.91 Å². The minimum atomic E-state index is -0.883. The van der Waals surface area contributed by atoms with Crippen molar-refractivity contribution in [3.05, 3.63) is 0 Å². The molecular weight excluding hydrogens is 394 g/mol. The van der Waals surface area contributed by atoms with Crippen LogP contribution in [-0.2, 0) is 9.53 Å². The Hall–Kier alpha value is -0.690. The lowest BCUT2D eigenvalue weighted by Gasteiger charge is -2.49. The normalized spacial score (nSPS) is 42.3. The Kier molecular flexibility index (Phi) is 7.95. The number of carbonyl (C=O) groups is 1. The number of fused-ring (bicyclic) bond motifs is 1. The highest BCUT2D eigenvalue weighted by molar-refractivity contribution is 5.80. The maximum absolute atomic E-state index is 13.7. The van der Waals surface area contributed by atoms with Crippen molar-refractivity contribution in [1.82, 2.24) is 4.90 Å². The molecule has 1 amide bonds. The molecule has 3 saturated carbocycles. The van der Waals surface area contributed by atoms with Gasteiger partial charge in [-0.1, -0.05) is 39.0 Å². The average Bonchev–Trinajstić information content (AvgIpc) is 2.79. The largest absolute Gasteiger partial charge is 0.396 e. The van der Waals surface area contributed by atoms with E-state index in [0.717, 1.165) is 32.2 Å². The molecule has 8 atom stereocenters. The number of aliphatic hydroxyl groups excluding tert-OH is 3. The fourth-order valence-electron chi connectivity index (χ4n) is 6.98. The number of piperidine rings is 1. The molecular formula is C25H43NO5. The molecule has 4 fully saturated rings. The van der Waals surface area contributed by atoms with Gasteiger partial charge in [-0.25, -0.2) is 0 Å². The average molecular weight is 438 g/mol. The van der Waals surface area contributed by atoms with E-state index in [1.165, 1.54) is 32.1 Å². The molecule has 178 valence electrons. The summed E-state index contributed by atoms with van der Waals surface area (Å²) in [6.45, 7) is 3.99. The fourth-order valence-corrected chi connectivity index (χ4v) is 6.98. The molecule has 6 nitrogen and oxygen atoms in total. The summed E-state index contributed by atoms with van der Waals surface area (Å²) in [6.07, 6.45) is 9.03. The quantitative estimate of drug-likeness (QED) is 0.615. The lowest BCUT2D eigenvalue weighted by atomic mass is 9.69. The minimum absolute atomic E-state index is 0.0395. The smallest absolute Gasteiger partial charge is 0.230 e. The summed E-state index contributed by atoms with van der Waals surface area (Å²) in [7, 11) is 0. The van der Waals surface area contributed by atoms with E-state index in [0.29, 0.717) is 30.9 Å². The van der Waals surface area contributed by atoms with Crippen LogP contribution in [0.5, 0.6) is 0 Å². The van der Waals surface area contributed by atoms with Gasteiger partial charge in [-0.05, 0) is 43.4 Å². The molecule has 31 heavy (non-hydrogen) atoms. The predicted octanol–water partition coefficient (Wildman–Crippen LogP) is 2.59. The molecule has 1 heterocycles. The predicted molar refractivity (Wildman–Crippen MR) is 118 cm³/mol. The summed E-state index contributed by atoms with van der Waals surface area (Å²) in [5, 5.41) is 31.4. The highest BCUT2D eigenvalue weighted by atomic mass is 16.5. The van der Waals surface area contributed by atoms with Crippen LogP contribution >= 0.6 is 0 Å². The number of carbonyl (C=O) groups excluding carboxylic acids is 1. The van der Waals surface area contributed by atoms with Gasteiger partial charge in [-0.3, -0.25) is 4.79 Å². The maximum atomic E-state index is 13.7. The maximum Gasteiger partial charge on any atom is 0.230 e. The molecule has 8 unspecified atom stereocenters. The third-order valence-electron chi connectivity index (χ3n) is 8.94. The summed E-state index contributed by atoms with van der Waals surface area (Å²) in [4.78, 5) is 15.6. The van der Waals surface area contributed by atoms with Crippen molar-refractivity contribution < 1.29 is 24.9 Å². The second-order valence-electron chi connectivity index (χ2n) is 11.0. The molecule has 1 aliphatic heterocycles. The minimum Gasteiger partial charge on any atom is -0.396 e. The van der Waals surface area contributed by atoms with E-state index in [1.807, 2.05) is 11.8 Å². The van der Waals surface area contributed by atoms with Crippen LogP contribution in [0.15, 0.2) is 0 Å². The van der Waals surface area contributed by atoms with Crippen LogP contribution in [-0.4, -0.2) is 70.7 Å². The summed E-state index contributed by atoms with van der Waals surface area (Å²) < 4.78 is 6.34. The zero-order valence-corrected chi connectivity index (χ0v) is 19.2. The Morgan fingerprint density at radius 2 is 1.68 bits per heavy atom. The van der Waals surface area contributed by atoms with E-state index >= 15 is 0 Å². The highest BCUT2D eigenvalue weighted by Gasteiger charge is 2.49. The van der Waals surface area contributed by atoms with Crippen molar-refractivity contribution in [1.29, 1.82) is 0 Å². The van der Waals surface area contributed by atoms with Crippen LogP contribution in [0.25, 0.3) is 0 Å². The number of nitrogens with zero attached hydrogens (tertiary/aromatic N) is 1. The van der Waals surface area contributed by atoms with Gasteiger partial charge >= 0.3 is 0 Å². The molecule has 4 aliphatic rings. The van der Waals surface area contributed by atoms with Gasteiger partial charge in [0.15, 0.2) is 0 Å². The second kappa shape index (κ2) is 10.5. The van der Waals surface area contributed by atoms with Crippen LogP contribution in [0.1, 0.15) is 71.1 Å². The molecule has 0 bridgehead atoms. The fraction of sp³-hybridized carbons (Fsp3) is 0.960. The van der Waals surface area contributed by atoms with E-state index in [9.17, 15) is 20.1 Å². The molecule has 0 aromatic carbocycles. The summed E-state index contributed by atoms with van der Waals surface area (Å²) >= 11 is 0. The summed E-state index contributed by atoms with van der Waals surface area (Å²) in [6, 6.07) is 0. The number of hydrogen-bond donors (Lipinski definition) is 3. The molecule has 3 aliphatic carbocycles. The van der Waals surface area contributed by atoms with E-state index in [1.54, 1.807) is 0 Å². The molecule has 1 saturated heterocycles. The number of amides is 1. The second-order valence-corrected chi connectivity index (χ2v) is 11.0. The van der Waals surface area contributed by atoms with E-state index in [-0.39, 0.29) is 30.8 Å². The van der Waals surface area contributed by atoms with E-state index in [2.05, 4.69) is 0 Å². The molecule has 3 N–H and O–H groups in total. The van der Waals surface area contributed by atoms with Gasteiger partial charge in [-0.15, -0.1) is 0 Å². The zero-order chi connectivity index (χ0) is 22.0. The lowest BCUT2D eigenvalue weighted by molar-refractivity contribution is -0.174. The van der Waals surface area contributed by atoms with Crippen LogP contribution in [0.2, 0.25) is 0 Å². The van der Waals surface area contributed by atoms with Crippen molar-refractivity contribution in [2.24, 2.45) is 35.5 Å².